The van der Waals surface area contributed by atoms with Gasteiger partial charge in [0.15, 0.2) is 5.60 Å². The van der Waals surface area contributed by atoms with Crippen LogP contribution in [0.1, 0.15) is 53.4 Å². The number of carbonyl (C=O) groups is 2. The van der Waals surface area contributed by atoms with Gasteiger partial charge in [-0.3, -0.25) is 9.59 Å². The van der Waals surface area contributed by atoms with Gasteiger partial charge in [-0.15, -0.1) is 0 Å². The number of aliphatic hydroxyl groups is 2. The molecule has 6 nitrogen and oxygen atoms in total. The van der Waals surface area contributed by atoms with Crippen LogP contribution in [0, 0.1) is 23.2 Å². The largest absolute Gasteiger partial charge is 0.459 e. The smallest absolute Gasteiger partial charge is 0.314 e. The predicted molar refractivity (Wildman–Crippen MR) is 79.9 cm³/mol. The number of ether oxygens (including phenoxy) is 2. The molecule has 2 saturated carbocycles. The van der Waals surface area contributed by atoms with Gasteiger partial charge in [0.05, 0.1) is 5.92 Å². The summed E-state index contributed by atoms with van der Waals surface area (Å²) in [4.78, 5) is 23.8. The van der Waals surface area contributed by atoms with Crippen molar-refractivity contribution >= 4 is 11.9 Å². The molecule has 3 fully saturated rings. The molecule has 23 heavy (non-hydrogen) atoms. The molecule has 7 unspecified atom stereocenters. The number of carbonyl (C=O) groups excluding carboxylic acids is 2. The van der Waals surface area contributed by atoms with Crippen LogP contribution < -0.4 is 0 Å². The van der Waals surface area contributed by atoms with E-state index in [0.29, 0.717) is 0 Å². The maximum atomic E-state index is 12.1. The molecule has 6 heteroatoms. The third-order valence-corrected chi connectivity index (χ3v) is 6.81. The van der Waals surface area contributed by atoms with Crippen LogP contribution >= 0.6 is 0 Å². The Balaban J connectivity index is 2.16. The lowest BCUT2D eigenvalue weighted by Gasteiger charge is -2.60. The Hall–Kier alpha value is -1.14. The van der Waals surface area contributed by atoms with Crippen molar-refractivity contribution in [2.45, 2.75) is 70.9 Å². The molecular formula is C17H26O6. The van der Waals surface area contributed by atoms with E-state index in [1.165, 1.54) is 13.8 Å². The van der Waals surface area contributed by atoms with Gasteiger partial charge in [-0.05, 0) is 25.2 Å². The van der Waals surface area contributed by atoms with Crippen molar-refractivity contribution in [3.05, 3.63) is 0 Å². The Labute approximate surface area is 136 Å². The molecule has 0 aromatic rings. The van der Waals surface area contributed by atoms with Gasteiger partial charge in [0.25, 0.3) is 0 Å². The molecule has 0 aromatic heterocycles. The fourth-order valence-corrected chi connectivity index (χ4v) is 5.17. The van der Waals surface area contributed by atoms with E-state index in [1.807, 2.05) is 6.92 Å². The van der Waals surface area contributed by atoms with Crippen LogP contribution in [-0.4, -0.2) is 39.6 Å². The predicted octanol–water partition coefficient (Wildman–Crippen LogP) is 1.38. The van der Waals surface area contributed by atoms with Crippen molar-refractivity contribution in [3.8, 4) is 0 Å². The molecular weight excluding hydrogens is 300 g/mol. The molecule has 130 valence electrons. The first-order valence-corrected chi connectivity index (χ1v) is 8.42. The van der Waals surface area contributed by atoms with E-state index in [2.05, 4.69) is 6.92 Å². The molecule has 0 radical (unpaired) electrons. The number of rotatable bonds is 1. The molecule has 0 amide bonds. The number of esters is 2. The normalized spacial score (nSPS) is 52.3. The second-order valence-corrected chi connectivity index (χ2v) is 7.84. The minimum absolute atomic E-state index is 0.0129. The molecule has 2 aliphatic carbocycles. The van der Waals surface area contributed by atoms with Crippen LogP contribution in [0.2, 0.25) is 0 Å². The number of hydrogen-bond acceptors (Lipinski definition) is 6. The minimum atomic E-state index is -2.00. The maximum absolute atomic E-state index is 12.1. The summed E-state index contributed by atoms with van der Waals surface area (Å²) in [5.41, 5.74) is -2.43. The highest BCUT2D eigenvalue weighted by atomic mass is 16.7. The van der Waals surface area contributed by atoms with Gasteiger partial charge >= 0.3 is 11.9 Å². The average molecular weight is 326 g/mol. The molecule has 7 atom stereocenters. The van der Waals surface area contributed by atoms with Crippen LogP contribution in [0.4, 0.5) is 0 Å². The van der Waals surface area contributed by atoms with E-state index in [-0.39, 0.29) is 18.3 Å². The number of hydrogen-bond donors (Lipinski definition) is 2. The van der Waals surface area contributed by atoms with E-state index < -0.39 is 40.8 Å². The Kier molecular flexibility index (Phi) is 3.58. The summed E-state index contributed by atoms with van der Waals surface area (Å²) in [6.07, 6.45) is 2.02. The van der Waals surface area contributed by atoms with Crippen molar-refractivity contribution in [2.24, 2.45) is 23.2 Å². The molecule has 3 aliphatic rings. The summed E-state index contributed by atoms with van der Waals surface area (Å²) in [5.74, 6) is -3.92. The van der Waals surface area contributed by atoms with Crippen LogP contribution in [0.3, 0.4) is 0 Å². The van der Waals surface area contributed by atoms with Crippen molar-refractivity contribution in [1.29, 1.82) is 0 Å². The summed E-state index contributed by atoms with van der Waals surface area (Å²) >= 11 is 0. The Bertz CT molecular complexity index is 547. The van der Waals surface area contributed by atoms with E-state index in [9.17, 15) is 19.8 Å². The van der Waals surface area contributed by atoms with Crippen molar-refractivity contribution in [3.63, 3.8) is 0 Å². The second kappa shape index (κ2) is 4.93. The Morgan fingerprint density at radius 3 is 2.57 bits per heavy atom. The Morgan fingerprint density at radius 1 is 1.30 bits per heavy atom. The van der Waals surface area contributed by atoms with Gasteiger partial charge in [-0.1, -0.05) is 26.7 Å². The second-order valence-electron chi connectivity index (χ2n) is 7.84. The molecule has 0 spiro atoms. The third-order valence-electron chi connectivity index (χ3n) is 6.81. The lowest BCUT2D eigenvalue weighted by Crippen LogP contribution is -2.73. The van der Waals surface area contributed by atoms with Gasteiger partial charge < -0.3 is 19.7 Å². The SMILES string of the molecule is CC(=O)OC1C2(C)C(C)CCCC2CC2(O)OC(=O)C(C)C12O. The van der Waals surface area contributed by atoms with Crippen LogP contribution in [0.15, 0.2) is 0 Å². The highest BCUT2D eigenvalue weighted by Gasteiger charge is 2.77. The number of fused-ring (bicyclic) bond motifs is 2. The zero-order chi connectivity index (χ0) is 17.2. The van der Waals surface area contributed by atoms with Crippen molar-refractivity contribution in [2.75, 3.05) is 0 Å². The van der Waals surface area contributed by atoms with Gasteiger partial charge in [0.2, 0.25) is 5.79 Å². The first kappa shape index (κ1) is 16.7. The lowest BCUT2D eigenvalue weighted by molar-refractivity contribution is -0.342. The summed E-state index contributed by atoms with van der Waals surface area (Å²) in [5, 5.41) is 22.3. The summed E-state index contributed by atoms with van der Waals surface area (Å²) < 4.78 is 10.7. The molecule has 2 N–H and O–H groups in total. The van der Waals surface area contributed by atoms with E-state index in [1.54, 1.807) is 0 Å². The maximum Gasteiger partial charge on any atom is 0.314 e. The lowest BCUT2D eigenvalue weighted by atomic mass is 9.48. The van der Waals surface area contributed by atoms with Crippen molar-refractivity contribution < 1.29 is 29.3 Å². The van der Waals surface area contributed by atoms with Crippen LogP contribution in [0.25, 0.3) is 0 Å². The van der Waals surface area contributed by atoms with Gasteiger partial charge in [0.1, 0.15) is 6.10 Å². The van der Waals surface area contributed by atoms with E-state index in [0.717, 1.165) is 19.3 Å². The molecule has 1 saturated heterocycles. The summed E-state index contributed by atoms with van der Waals surface area (Å²) in [6, 6.07) is 0. The average Bonchev–Trinajstić information content (AvgIpc) is 2.62. The molecule has 1 heterocycles. The topological polar surface area (TPSA) is 93.1 Å². The fraction of sp³-hybridized carbons (Fsp3) is 0.882. The molecule has 0 bridgehead atoms. The highest BCUT2D eigenvalue weighted by molar-refractivity contribution is 5.78. The minimum Gasteiger partial charge on any atom is -0.459 e. The fourth-order valence-electron chi connectivity index (χ4n) is 5.17. The summed E-state index contributed by atoms with van der Waals surface area (Å²) in [6.45, 7) is 6.89. The highest BCUT2D eigenvalue weighted by Crippen LogP contribution is 2.63. The first-order chi connectivity index (χ1) is 10.6. The van der Waals surface area contributed by atoms with Gasteiger partial charge in [-0.2, -0.15) is 0 Å². The molecule has 0 aromatic carbocycles. The monoisotopic (exact) mass is 326 g/mol. The van der Waals surface area contributed by atoms with Crippen LogP contribution in [0.5, 0.6) is 0 Å². The third kappa shape index (κ3) is 1.94. The molecule has 1 aliphatic heterocycles. The van der Waals surface area contributed by atoms with Crippen molar-refractivity contribution in [1.82, 2.24) is 0 Å². The Morgan fingerprint density at radius 2 is 1.96 bits per heavy atom. The first-order valence-electron chi connectivity index (χ1n) is 8.42. The summed E-state index contributed by atoms with van der Waals surface area (Å²) in [7, 11) is 0. The van der Waals surface area contributed by atoms with E-state index >= 15 is 0 Å². The zero-order valence-electron chi connectivity index (χ0n) is 14.2. The van der Waals surface area contributed by atoms with Gasteiger partial charge in [0, 0.05) is 18.8 Å². The van der Waals surface area contributed by atoms with Crippen LogP contribution in [-0.2, 0) is 19.1 Å². The quantitative estimate of drug-likeness (QED) is 0.707. The molecule has 3 rings (SSSR count). The van der Waals surface area contributed by atoms with Gasteiger partial charge in [-0.25, -0.2) is 0 Å². The van der Waals surface area contributed by atoms with E-state index in [4.69, 9.17) is 9.47 Å². The zero-order valence-corrected chi connectivity index (χ0v) is 14.2. The standard InChI is InChI=1S/C17H26O6/c1-9-6-5-7-12-8-16(20)17(21,10(2)13(19)23-16)14(15(9,12)4)22-11(3)18/h9-10,12,14,20-21H,5-8H2,1-4H3.